The number of carbonyl (C=O) groups is 1. The maximum atomic E-state index is 12.5. The van der Waals surface area contributed by atoms with Crippen molar-refractivity contribution >= 4 is 5.91 Å². The molecule has 2 saturated heterocycles. The number of benzene rings is 1. The van der Waals surface area contributed by atoms with Gasteiger partial charge in [-0.05, 0) is 24.1 Å². The van der Waals surface area contributed by atoms with Crippen LogP contribution in [0.1, 0.15) is 41.1 Å². The Morgan fingerprint density at radius 3 is 2.77 bits per heavy atom. The van der Waals surface area contributed by atoms with Crippen molar-refractivity contribution in [3.05, 3.63) is 35.4 Å². The highest BCUT2D eigenvalue weighted by Gasteiger charge is 2.34. The van der Waals surface area contributed by atoms with E-state index < -0.39 is 5.54 Å². The molecule has 116 valence electrons. The first-order chi connectivity index (χ1) is 10.7. The standard InChI is InChI=1S/C17H20N2O3/c18-12-17(5-8-21-9-6-17)19-16(20)14-3-1-2-13(10-14)15-4-7-22-11-15/h1-3,10,15H,4-9,11H2,(H,19,20). The molecule has 1 unspecified atom stereocenters. The Morgan fingerprint density at radius 1 is 1.27 bits per heavy atom. The zero-order valence-electron chi connectivity index (χ0n) is 12.5. The van der Waals surface area contributed by atoms with Crippen LogP contribution in [-0.4, -0.2) is 37.9 Å². The fraction of sp³-hybridized carbons (Fsp3) is 0.529. The molecule has 0 radical (unpaired) electrons. The van der Waals surface area contributed by atoms with Crippen LogP contribution in [-0.2, 0) is 9.47 Å². The average molecular weight is 300 g/mol. The van der Waals surface area contributed by atoms with Crippen LogP contribution in [0, 0.1) is 11.3 Å². The Morgan fingerprint density at radius 2 is 2.09 bits per heavy atom. The van der Waals surface area contributed by atoms with Gasteiger partial charge in [-0.2, -0.15) is 5.26 Å². The third kappa shape index (κ3) is 3.13. The van der Waals surface area contributed by atoms with Crippen molar-refractivity contribution < 1.29 is 14.3 Å². The molecule has 2 aliphatic rings. The van der Waals surface area contributed by atoms with Gasteiger partial charge in [-0.25, -0.2) is 0 Å². The minimum atomic E-state index is -0.804. The van der Waals surface area contributed by atoms with E-state index in [4.69, 9.17) is 9.47 Å². The van der Waals surface area contributed by atoms with Crippen molar-refractivity contribution in [2.24, 2.45) is 0 Å². The van der Waals surface area contributed by atoms with E-state index in [1.165, 1.54) is 0 Å². The van der Waals surface area contributed by atoms with E-state index in [1.54, 1.807) is 6.07 Å². The summed E-state index contributed by atoms with van der Waals surface area (Å²) in [5.41, 5.74) is 0.926. The van der Waals surface area contributed by atoms with Gasteiger partial charge in [-0.3, -0.25) is 4.79 Å². The van der Waals surface area contributed by atoms with Crippen molar-refractivity contribution in [1.82, 2.24) is 5.32 Å². The molecule has 0 aromatic heterocycles. The molecule has 1 amide bonds. The van der Waals surface area contributed by atoms with Gasteiger partial charge in [-0.15, -0.1) is 0 Å². The molecule has 0 saturated carbocycles. The molecule has 2 heterocycles. The predicted molar refractivity (Wildman–Crippen MR) is 80.5 cm³/mol. The lowest BCUT2D eigenvalue weighted by Crippen LogP contribution is -2.50. The molecule has 0 bridgehead atoms. The molecular formula is C17H20N2O3. The molecule has 0 spiro atoms. The van der Waals surface area contributed by atoms with Crippen LogP contribution in [0.4, 0.5) is 0 Å². The molecule has 2 fully saturated rings. The molecular weight excluding hydrogens is 280 g/mol. The Kier molecular flexibility index (Phi) is 4.41. The monoisotopic (exact) mass is 300 g/mol. The molecule has 0 aliphatic carbocycles. The second kappa shape index (κ2) is 6.47. The lowest BCUT2D eigenvalue weighted by molar-refractivity contribution is 0.0531. The summed E-state index contributed by atoms with van der Waals surface area (Å²) >= 11 is 0. The number of rotatable bonds is 3. The summed E-state index contributed by atoms with van der Waals surface area (Å²) in [5, 5.41) is 12.3. The second-order valence-corrected chi connectivity index (χ2v) is 5.95. The maximum absolute atomic E-state index is 12.5. The van der Waals surface area contributed by atoms with Gasteiger partial charge in [-0.1, -0.05) is 12.1 Å². The lowest BCUT2D eigenvalue weighted by atomic mass is 9.91. The van der Waals surface area contributed by atoms with Gasteiger partial charge >= 0.3 is 0 Å². The number of hydrogen-bond donors (Lipinski definition) is 1. The number of carbonyl (C=O) groups excluding carboxylic acids is 1. The highest BCUT2D eigenvalue weighted by atomic mass is 16.5. The van der Waals surface area contributed by atoms with Crippen LogP contribution >= 0.6 is 0 Å². The zero-order valence-corrected chi connectivity index (χ0v) is 12.5. The summed E-state index contributed by atoms with van der Waals surface area (Å²) < 4.78 is 10.7. The molecule has 22 heavy (non-hydrogen) atoms. The number of nitrogens with zero attached hydrogens (tertiary/aromatic N) is 1. The zero-order chi connectivity index (χ0) is 15.4. The van der Waals surface area contributed by atoms with Gasteiger partial charge in [0.25, 0.3) is 5.91 Å². The molecule has 1 aromatic carbocycles. The molecule has 1 atom stereocenters. The van der Waals surface area contributed by atoms with Crippen LogP contribution in [0.15, 0.2) is 24.3 Å². The Bertz CT molecular complexity index is 582. The number of nitriles is 1. The van der Waals surface area contributed by atoms with E-state index in [-0.39, 0.29) is 5.91 Å². The number of ether oxygens (including phenoxy) is 2. The quantitative estimate of drug-likeness (QED) is 0.926. The Hall–Kier alpha value is -1.90. The molecule has 2 aliphatic heterocycles. The summed E-state index contributed by atoms with van der Waals surface area (Å²) in [5.74, 6) is 0.171. The highest BCUT2D eigenvalue weighted by molar-refractivity contribution is 5.95. The summed E-state index contributed by atoms with van der Waals surface area (Å²) in [6.07, 6.45) is 2.06. The predicted octanol–water partition coefficient (Wildman–Crippen LogP) is 1.99. The first kappa shape index (κ1) is 15.0. The molecule has 1 aromatic rings. The van der Waals surface area contributed by atoms with Crippen LogP contribution in [0.5, 0.6) is 0 Å². The average Bonchev–Trinajstić information content (AvgIpc) is 3.10. The van der Waals surface area contributed by atoms with Gasteiger partial charge < -0.3 is 14.8 Å². The Labute approximate surface area is 130 Å². The summed E-state index contributed by atoms with van der Waals surface area (Å²) in [6, 6.07) is 9.89. The van der Waals surface area contributed by atoms with Crippen molar-refractivity contribution in [2.75, 3.05) is 26.4 Å². The number of amides is 1. The van der Waals surface area contributed by atoms with E-state index in [0.717, 1.165) is 18.6 Å². The van der Waals surface area contributed by atoms with Gasteiger partial charge in [0.2, 0.25) is 0 Å². The fourth-order valence-electron chi connectivity index (χ4n) is 3.01. The van der Waals surface area contributed by atoms with E-state index in [1.807, 2.05) is 18.2 Å². The molecule has 5 heteroatoms. The topological polar surface area (TPSA) is 71.4 Å². The van der Waals surface area contributed by atoms with Crippen molar-refractivity contribution in [1.29, 1.82) is 5.26 Å². The van der Waals surface area contributed by atoms with E-state index in [2.05, 4.69) is 11.4 Å². The fourth-order valence-corrected chi connectivity index (χ4v) is 3.01. The van der Waals surface area contributed by atoms with Crippen LogP contribution in [0.25, 0.3) is 0 Å². The summed E-state index contributed by atoms with van der Waals surface area (Å²) in [4.78, 5) is 12.5. The summed E-state index contributed by atoms with van der Waals surface area (Å²) in [7, 11) is 0. The maximum Gasteiger partial charge on any atom is 0.252 e. The van der Waals surface area contributed by atoms with E-state index in [9.17, 15) is 10.1 Å². The van der Waals surface area contributed by atoms with E-state index in [0.29, 0.717) is 44.1 Å². The lowest BCUT2D eigenvalue weighted by Gasteiger charge is -2.31. The SMILES string of the molecule is N#CC1(NC(=O)c2cccc(C3CCOC3)c2)CCOCC1. The minimum Gasteiger partial charge on any atom is -0.381 e. The number of nitrogens with one attached hydrogen (secondary N) is 1. The third-order valence-electron chi connectivity index (χ3n) is 4.46. The molecule has 5 nitrogen and oxygen atoms in total. The van der Waals surface area contributed by atoms with E-state index >= 15 is 0 Å². The molecule has 3 rings (SSSR count). The van der Waals surface area contributed by atoms with Crippen LogP contribution in [0.2, 0.25) is 0 Å². The van der Waals surface area contributed by atoms with Crippen molar-refractivity contribution in [3.63, 3.8) is 0 Å². The minimum absolute atomic E-state index is 0.191. The number of hydrogen-bond acceptors (Lipinski definition) is 4. The van der Waals surface area contributed by atoms with Gasteiger partial charge in [0.05, 0.1) is 12.7 Å². The highest BCUT2D eigenvalue weighted by Crippen LogP contribution is 2.26. The summed E-state index contributed by atoms with van der Waals surface area (Å²) in [6.45, 7) is 2.50. The van der Waals surface area contributed by atoms with Gasteiger partial charge in [0.15, 0.2) is 0 Å². The first-order valence-electron chi connectivity index (χ1n) is 7.72. The molecule has 1 N–H and O–H groups in total. The van der Waals surface area contributed by atoms with Gasteiger partial charge in [0.1, 0.15) is 5.54 Å². The third-order valence-corrected chi connectivity index (χ3v) is 4.46. The van der Waals surface area contributed by atoms with Crippen molar-refractivity contribution in [2.45, 2.75) is 30.7 Å². The Balaban J connectivity index is 1.74. The van der Waals surface area contributed by atoms with Crippen molar-refractivity contribution in [3.8, 4) is 6.07 Å². The normalized spacial score (nSPS) is 23.7. The largest absolute Gasteiger partial charge is 0.381 e. The first-order valence-corrected chi connectivity index (χ1v) is 7.72. The smallest absolute Gasteiger partial charge is 0.252 e. The van der Waals surface area contributed by atoms with Crippen LogP contribution in [0.3, 0.4) is 0 Å². The van der Waals surface area contributed by atoms with Crippen LogP contribution < -0.4 is 5.32 Å². The second-order valence-electron chi connectivity index (χ2n) is 5.95. The van der Waals surface area contributed by atoms with Gasteiger partial charge in [0, 0.05) is 44.1 Å².